The van der Waals surface area contributed by atoms with E-state index in [1.807, 2.05) is 0 Å². The molecule has 2 rings (SSSR count). The minimum atomic E-state index is -0.545. The molecule has 1 aromatic heterocycles. The SMILES string of the molecule is COc1cc(OC)c(C(C)=O)cc1NC(=O)Nc1cc(C)on1. The molecule has 8 nitrogen and oxygen atoms in total. The van der Waals surface area contributed by atoms with Gasteiger partial charge in [0, 0.05) is 12.1 Å². The Bertz CT molecular complexity index is 739. The zero-order valence-electron chi connectivity index (χ0n) is 13.2. The van der Waals surface area contributed by atoms with Crippen molar-refractivity contribution in [2.45, 2.75) is 13.8 Å². The van der Waals surface area contributed by atoms with E-state index in [4.69, 9.17) is 14.0 Å². The largest absolute Gasteiger partial charge is 0.496 e. The average molecular weight is 319 g/mol. The van der Waals surface area contributed by atoms with E-state index in [1.54, 1.807) is 13.0 Å². The fourth-order valence-electron chi connectivity index (χ4n) is 1.97. The summed E-state index contributed by atoms with van der Waals surface area (Å²) in [6.45, 7) is 3.12. The van der Waals surface area contributed by atoms with Crippen LogP contribution in [0.5, 0.6) is 11.5 Å². The lowest BCUT2D eigenvalue weighted by Crippen LogP contribution is -2.20. The highest BCUT2D eigenvalue weighted by molar-refractivity contribution is 6.03. The molecule has 122 valence electrons. The summed E-state index contributed by atoms with van der Waals surface area (Å²) in [5.41, 5.74) is 0.664. The quantitative estimate of drug-likeness (QED) is 0.821. The number of amides is 2. The third-order valence-electron chi connectivity index (χ3n) is 3.02. The van der Waals surface area contributed by atoms with Gasteiger partial charge in [-0.25, -0.2) is 4.79 Å². The van der Waals surface area contributed by atoms with Crippen molar-refractivity contribution in [1.82, 2.24) is 5.16 Å². The van der Waals surface area contributed by atoms with Gasteiger partial charge in [-0.15, -0.1) is 0 Å². The molecule has 1 heterocycles. The summed E-state index contributed by atoms with van der Waals surface area (Å²) in [5, 5.41) is 8.78. The molecule has 0 bridgehead atoms. The Morgan fingerprint density at radius 2 is 1.78 bits per heavy atom. The lowest BCUT2D eigenvalue weighted by molar-refractivity contribution is 0.101. The fraction of sp³-hybridized carbons (Fsp3) is 0.267. The molecular formula is C15H17N3O5. The molecule has 0 radical (unpaired) electrons. The number of aryl methyl sites for hydroxylation is 1. The van der Waals surface area contributed by atoms with Crippen LogP contribution in [0.3, 0.4) is 0 Å². The topological polar surface area (TPSA) is 103 Å². The summed E-state index contributed by atoms with van der Waals surface area (Å²) in [6, 6.07) is 4.06. The van der Waals surface area contributed by atoms with Gasteiger partial charge in [0.05, 0.1) is 25.5 Å². The highest BCUT2D eigenvalue weighted by Crippen LogP contribution is 2.33. The zero-order valence-corrected chi connectivity index (χ0v) is 13.2. The van der Waals surface area contributed by atoms with Crippen LogP contribution in [-0.4, -0.2) is 31.2 Å². The number of methoxy groups -OCH3 is 2. The molecule has 0 aliphatic heterocycles. The molecule has 2 amide bonds. The van der Waals surface area contributed by atoms with Crippen molar-refractivity contribution in [3.63, 3.8) is 0 Å². The van der Waals surface area contributed by atoms with Crippen LogP contribution in [0.2, 0.25) is 0 Å². The van der Waals surface area contributed by atoms with E-state index in [9.17, 15) is 9.59 Å². The number of rotatable bonds is 5. The van der Waals surface area contributed by atoms with E-state index < -0.39 is 6.03 Å². The Kier molecular flexibility index (Phi) is 4.85. The normalized spacial score (nSPS) is 10.1. The summed E-state index contributed by atoms with van der Waals surface area (Å²) < 4.78 is 15.2. The van der Waals surface area contributed by atoms with Gasteiger partial charge in [-0.2, -0.15) is 0 Å². The number of aromatic nitrogens is 1. The van der Waals surface area contributed by atoms with Crippen LogP contribution >= 0.6 is 0 Å². The maximum atomic E-state index is 12.0. The van der Waals surface area contributed by atoms with Crippen molar-refractivity contribution in [1.29, 1.82) is 0 Å². The van der Waals surface area contributed by atoms with Crippen LogP contribution in [0, 0.1) is 6.92 Å². The highest BCUT2D eigenvalue weighted by atomic mass is 16.5. The predicted molar refractivity (Wildman–Crippen MR) is 83.4 cm³/mol. The number of Topliss-reactive ketones (excluding diaryl/α,β-unsaturated/α-hetero) is 1. The number of benzene rings is 1. The Morgan fingerprint density at radius 1 is 1.09 bits per heavy atom. The summed E-state index contributed by atoms with van der Waals surface area (Å²) >= 11 is 0. The lowest BCUT2D eigenvalue weighted by Gasteiger charge is -2.14. The first-order valence-corrected chi connectivity index (χ1v) is 6.73. The van der Waals surface area contributed by atoms with Crippen LogP contribution < -0.4 is 20.1 Å². The third kappa shape index (κ3) is 3.79. The van der Waals surface area contributed by atoms with E-state index in [2.05, 4.69) is 15.8 Å². The monoisotopic (exact) mass is 319 g/mol. The number of urea groups is 1. The highest BCUT2D eigenvalue weighted by Gasteiger charge is 2.16. The summed E-state index contributed by atoms with van der Waals surface area (Å²) in [7, 11) is 2.90. The molecule has 0 fully saturated rings. The number of hydrogen-bond donors (Lipinski definition) is 2. The van der Waals surface area contributed by atoms with E-state index in [0.717, 1.165) is 0 Å². The van der Waals surface area contributed by atoms with Gasteiger partial charge in [-0.3, -0.25) is 10.1 Å². The molecule has 0 unspecified atom stereocenters. The Hall–Kier alpha value is -3.03. The molecule has 0 aliphatic carbocycles. The molecule has 23 heavy (non-hydrogen) atoms. The van der Waals surface area contributed by atoms with Crippen molar-refractivity contribution in [3.8, 4) is 11.5 Å². The standard InChI is InChI=1S/C15H17N3O5/c1-8-5-14(18-23-8)17-15(20)16-11-6-10(9(2)19)12(21-3)7-13(11)22-4/h5-7H,1-4H3,(H2,16,17,18,20). The molecule has 0 aliphatic rings. The number of carbonyl (C=O) groups is 2. The second-order valence-electron chi connectivity index (χ2n) is 4.71. The number of hydrogen-bond acceptors (Lipinski definition) is 6. The maximum absolute atomic E-state index is 12.0. The van der Waals surface area contributed by atoms with Gasteiger partial charge < -0.3 is 19.3 Å². The predicted octanol–water partition coefficient (Wildman–Crippen LogP) is 2.85. The number of nitrogens with one attached hydrogen (secondary N) is 2. The molecule has 0 saturated heterocycles. The second-order valence-corrected chi connectivity index (χ2v) is 4.71. The average Bonchev–Trinajstić information content (AvgIpc) is 2.91. The van der Waals surface area contributed by atoms with Gasteiger partial charge in [0.1, 0.15) is 17.3 Å². The van der Waals surface area contributed by atoms with Crippen LogP contribution in [-0.2, 0) is 0 Å². The van der Waals surface area contributed by atoms with Gasteiger partial charge >= 0.3 is 6.03 Å². The summed E-state index contributed by atoms with van der Waals surface area (Å²) in [6.07, 6.45) is 0. The first-order chi connectivity index (χ1) is 10.9. The first kappa shape index (κ1) is 16.3. The molecule has 0 saturated carbocycles. The maximum Gasteiger partial charge on any atom is 0.325 e. The molecule has 2 aromatic rings. The van der Waals surface area contributed by atoms with E-state index in [1.165, 1.54) is 33.3 Å². The van der Waals surface area contributed by atoms with E-state index in [-0.39, 0.29) is 11.6 Å². The number of carbonyl (C=O) groups excluding carboxylic acids is 2. The van der Waals surface area contributed by atoms with Gasteiger partial charge in [-0.1, -0.05) is 5.16 Å². The van der Waals surface area contributed by atoms with Gasteiger partial charge in [0.25, 0.3) is 0 Å². The summed E-state index contributed by atoms with van der Waals surface area (Å²) in [5.74, 6) is 1.38. The zero-order chi connectivity index (χ0) is 17.0. The smallest absolute Gasteiger partial charge is 0.325 e. The first-order valence-electron chi connectivity index (χ1n) is 6.73. The Morgan fingerprint density at radius 3 is 2.30 bits per heavy atom. The minimum absolute atomic E-state index is 0.194. The number of anilines is 2. The number of nitrogens with zero attached hydrogens (tertiary/aromatic N) is 1. The number of ether oxygens (including phenoxy) is 2. The fourth-order valence-corrected chi connectivity index (χ4v) is 1.97. The summed E-state index contributed by atoms with van der Waals surface area (Å²) in [4.78, 5) is 23.7. The van der Waals surface area contributed by atoms with Crippen LogP contribution in [0.4, 0.5) is 16.3 Å². The van der Waals surface area contributed by atoms with Gasteiger partial charge in [0.2, 0.25) is 0 Å². The Balaban J connectivity index is 2.25. The number of ketones is 1. The minimum Gasteiger partial charge on any atom is -0.496 e. The van der Waals surface area contributed by atoms with Crippen LogP contribution in [0.15, 0.2) is 22.7 Å². The second kappa shape index (κ2) is 6.82. The Labute approximate surface area is 132 Å². The van der Waals surface area contributed by atoms with Crippen molar-refractivity contribution < 1.29 is 23.6 Å². The van der Waals surface area contributed by atoms with Gasteiger partial charge in [0.15, 0.2) is 11.6 Å². The van der Waals surface area contributed by atoms with Crippen LogP contribution in [0.25, 0.3) is 0 Å². The van der Waals surface area contributed by atoms with Gasteiger partial charge in [-0.05, 0) is 19.9 Å². The van der Waals surface area contributed by atoms with E-state index in [0.29, 0.717) is 28.5 Å². The molecular weight excluding hydrogens is 302 g/mol. The van der Waals surface area contributed by atoms with Crippen LogP contribution in [0.1, 0.15) is 23.0 Å². The van der Waals surface area contributed by atoms with Crippen molar-refractivity contribution in [2.75, 3.05) is 24.9 Å². The molecule has 2 N–H and O–H groups in total. The molecule has 0 spiro atoms. The molecule has 1 aromatic carbocycles. The van der Waals surface area contributed by atoms with E-state index >= 15 is 0 Å². The molecule has 0 atom stereocenters. The van der Waals surface area contributed by atoms with Crippen molar-refractivity contribution >= 4 is 23.3 Å². The molecule has 8 heteroatoms. The lowest BCUT2D eigenvalue weighted by atomic mass is 10.1. The third-order valence-corrected chi connectivity index (χ3v) is 3.02. The van der Waals surface area contributed by atoms with Crippen molar-refractivity contribution in [2.24, 2.45) is 0 Å². The van der Waals surface area contributed by atoms with Crippen molar-refractivity contribution in [3.05, 3.63) is 29.5 Å².